The average molecular weight is 275 g/mol. The number of rotatable bonds is 5. The molecule has 106 valence electrons. The van der Waals surface area contributed by atoms with Crippen LogP contribution >= 0.6 is 0 Å². The summed E-state index contributed by atoms with van der Waals surface area (Å²) in [4.78, 5) is 23.5. The summed E-state index contributed by atoms with van der Waals surface area (Å²) < 4.78 is 12.2. The van der Waals surface area contributed by atoms with Gasteiger partial charge in [0, 0.05) is 23.7 Å². The lowest BCUT2D eigenvalue weighted by Crippen LogP contribution is -2.23. The van der Waals surface area contributed by atoms with E-state index >= 15 is 0 Å². The van der Waals surface area contributed by atoms with E-state index in [0.29, 0.717) is 11.5 Å². The molecule has 0 saturated heterocycles. The van der Waals surface area contributed by atoms with Gasteiger partial charge in [-0.05, 0) is 19.9 Å². The van der Waals surface area contributed by atoms with Gasteiger partial charge < -0.3 is 14.0 Å². The van der Waals surface area contributed by atoms with Crippen LogP contribution in [0.25, 0.3) is 10.9 Å². The minimum atomic E-state index is -0.815. The molecule has 0 fully saturated rings. The van der Waals surface area contributed by atoms with Crippen LogP contribution in [0.4, 0.5) is 0 Å². The van der Waals surface area contributed by atoms with E-state index < -0.39 is 6.04 Å². The molecule has 1 aromatic heterocycles. The van der Waals surface area contributed by atoms with Gasteiger partial charge in [-0.25, -0.2) is 0 Å². The van der Waals surface area contributed by atoms with Gasteiger partial charge in [0.1, 0.15) is 17.5 Å². The quantitative estimate of drug-likeness (QED) is 0.786. The van der Waals surface area contributed by atoms with E-state index in [1.807, 2.05) is 6.07 Å². The van der Waals surface area contributed by atoms with Crippen molar-refractivity contribution in [2.75, 3.05) is 14.2 Å². The van der Waals surface area contributed by atoms with Crippen LogP contribution in [0.1, 0.15) is 19.9 Å². The largest absolute Gasteiger partial charge is 0.497 e. The van der Waals surface area contributed by atoms with Crippen molar-refractivity contribution in [3.8, 4) is 11.5 Å². The first-order valence-electron chi connectivity index (χ1n) is 6.23. The highest BCUT2D eigenvalue weighted by Gasteiger charge is 2.23. The number of nitrogens with zero attached hydrogens (tertiary/aromatic N) is 1. The van der Waals surface area contributed by atoms with Crippen molar-refractivity contribution in [1.29, 1.82) is 0 Å². The Morgan fingerprint density at radius 1 is 1.10 bits per heavy atom. The zero-order valence-corrected chi connectivity index (χ0v) is 12.0. The first-order chi connectivity index (χ1) is 9.49. The van der Waals surface area contributed by atoms with E-state index in [1.54, 1.807) is 37.1 Å². The Morgan fingerprint density at radius 2 is 1.75 bits per heavy atom. The predicted molar refractivity (Wildman–Crippen MR) is 75.4 cm³/mol. The molecule has 0 atom stereocenters. The van der Waals surface area contributed by atoms with E-state index in [-0.39, 0.29) is 11.6 Å². The highest BCUT2D eigenvalue weighted by molar-refractivity contribution is 6.04. The van der Waals surface area contributed by atoms with Gasteiger partial charge in [0.15, 0.2) is 11.6 Å². The monoisotopic (exact) mass is 275 g/mol. The van der Waals surface area contributed by atoms with Crippen LogP contribution < -0.4 is 9.47 Å². The van der Waals surface area contributed by atoms with Gasteiger partial charge in [0.2, 0.25) is 0 Å². The number of carbonyl (C=O) groups excluding carboxylic acids is 2. The lowest BCUT2D eigenvalue weighted by molar-refractivity contribution is -0.129. The number of ether oxygens (including phenoxy) is 2. The molecule has 0 spiro atoms. The molecule has 0 aliphatic carbocycles. The molecular formula is C15H17NO4. The topological polar surface area (TPSA) is 57.5 Å². The fraction of sp³-hybridized carbons (Fsp3) is 0.333. The van der Waals surface area contributed by atoms with Crippen molar-refractivity contribution in [1.82, 2.24) is 4.57 Å². The number of Topliss-reactive ketones (excluding diaryl/α,β-unsaturated/α-hetero) is 2. The van der Waals surface area contributed by atoms with Crippen LogP contribution in [-0.2, 0) is 9.59 Å². The van der Waals surface area contributed by atoms with E-state index in [0.717, 1.165) is 10.9 Å². The Labute approximate surface area is 117 Å². The summed E-state index contributed by atoms with van der Waals surface area (Å²) in [6, 6.07) is 4.57. The van der Waals surface area contributed by atoms with Crippen LogP contribution in [0.3, 0.4) is 0 Å². The predicted octanol–water partition coefficient (Wildman–Crippen LogP) is 2.38. The van der Waals surface area contributed by atoms with Gasteiger partial charge in [-0.15, -0.1) is 0 Å². The molecule has 0 unspecified atom stereocenters. The summed E-state index contributed by atoms with van der Waals surface area (Å²) in [7, 11) is 3.13. The molecule has 0 amide bonds. The maximum absolute atomic E-state index is 11.7. The van der Waals surface area contributed by atoms with Crippen LogP contribution in [0.2, 0.25) is 0 Å². The fourth-order valence-electron chi connectivity index (χ4n) is 2.39. The highest BCUT2D eigenvalue weighted by atomic mass is 16.5. The Bertz CT molecular complexity index is 658. The van der Waals surface area contributed by atoms with Gasteiger partial charge in [-0.1, -0.05) is 0 Å². The fourth-order valence-corrected chi connectivity index (χ4v) is 2.39. The summed E-state index contributed by atoms with van der Waals surface area (Å²) in [6.07, 6.45) is 1.72. The summed E-state index contributed by atoms with van der Waals surface area (Å²) >= 11 is 0. The molecule has 0 saturated carbocycles. The Kier molecular flexibility index (Phi) is 3.79. The average Bonchev–Trinajstić information content (AvgIpc) is 2.80. The molecule has 20 heavy (non-hydrogen) atoms. The number of methoxy groups -OCH3 is 2. The molecule has 5 heteroatoms. The van der Waals surface area contributed by atoms with Crippen LogP contribution in [0.5, 0.6) is 11.5 Å². The third kappa shape index (κ3) is 2.27. The number of carbonyl (C=O) groups is 2. The molecule has 2 aromatic rings. The molecule has 1 heterocycles. The summed E-state index contributed by atoms with van der Waals surface area (Å²) in [6.45, 7) is 2.82. The van der Waals surface area contributed by atoms with Gasteiger partial charge in [0.25, 0.3) is 0 Å². The van der Waals surface area contributed by atoms with Crippen molar-refractivity contribution in [3.05, 3.63) is 24.4 Å². The first-order valence-corrected chi connectivity index (χ1v) is 6.23. The van der Waals surface area contributed by atoms with Crippen molar-refractivity contribution in [3.63, 3.8) is 0 Å². The van der Waals surface area contributed by atoms with Gasteiger partial charge >= 0.3 is 0 Å². The molecule has 5 nitrogen and oxygen atoms in total. The Morgan fingerprint density at radius 3 is 2.25 bits per heavy atom. The molecule has 0 radical (unpaired) electrons. The summed E-state index contributed by atoms with van der Waals surface area (Å²) in [5.41, 5.74) is 0.733. The lowest BCUT2D eigenvalue weighted by Gasteiger charge is -2.15. The maximum atomic E-state index is 11.7. The second-order valence-electron chi connectivity index (χ2n) is 4.61. The molecule has 0 aliphatic rings. The van der Waals surface area contributed by atoms with Crippen LogP contribution in [-0.4, -0.2) is 30.4 Å². The molecule has 1 aromatic carbocycles. The SMILES string of the molecule is COc1cc(OC)c2ccn(C(C(C)=O)C(C)=O)c2c1. The van der Waals surface area contributed by atoms with Crippen LogP contribution in [0, 0.1) is 0 Å². The van der Waals surface area contributed by atoms with E-state index in [1.165, 1.54) is 13.8 Å². The standard InChI is InChI=1S/C15H17NO4/c1-9(17)15(10(2)18)16-6-5-12-13(16)7-11(19-3)8-14(12)20-4/h5-8,15H,1-4H3. The van der Waals surface area contributed by atoms with Crippen molar-refractivity contribution >= 4 is 22.5 Å². The summed E-state index contributed by atoms with van der Waals surface area (Å²) in [5, 5.41) is 0.834. The number of ketones is 2. The zero-order chi connectivity index (χ0) is 14.9. The molecule has 2 rings (SSSR count). The van der Waals surface area contributed by atoms with Crippen molar-refractivity contribution < 1.29 is 19.1 Å². The van der Waals surface area contributed by atoms with Crippen molar-refractivity contribution in [2.24, 2.45) is 0 Å². The van der Waals surface area contributed by atoms with Crippen LogP contribution in [0.15, 0.2) is 24.4 Å². The first kappa shape index (κ1) is 14.1. The number of fused-ring (bicyclic) bond motifs is 1. The number of hydrogen-bond donors (Lipinski definition) is 0. The van der Waals surface area contributed by atoms with Gasteiger partial charge in [-0.2, -0.15) is 0 Å². The van der Waals surface area contributed by atoms with Gasteiger partial charge in [-0.3, -0.25) is 9.59 Å². The number of benzene rings is 1. The van der Waals surface area contributed by atoms with E-state index in [2.05, 4.69) is 0 Å². The summed E-state index contributed by atoms with van der Waals surface area (Å²) in [5.74, 6) is 0.859. The molecule has 0 N–H and O–H groups in total. The third-order valence-electron chi connectivity index (χ3n) is 3.28. The maximum Gasteiger partial charge on any atom is 0.160 e. The number of aromatic nitrogens is 1. The second kappa shape index (κ2) is 5.36. The van der Waals surface area contributed by atoms with E-state index in [4.69, 9.17) is 9.47 Å². The zero-order valence-electron chi connectivity index (χ0n) is 12.0. The minimum absolute atomic E-state index is 0.197. The lowest BCUT2D eigenvalue weighted by atomic mass is 10.1. The normalized spacial score (nSPS) is 10.8. The Balaban J connectivity index is 2.72. The number of hydrogen-bond acceptors (Lipinski definition) is 4. The van der Waals surface area contributed by atoms with Gasteiger partial charge in [0.05, 0.1) is 19.7 Å². The minimum Gasteiger partial charge on any atom is -0.497 e. The Hall–Kier alpha value is -2.30. The molecular weight excluding hydrogens is 258 g/mol. The smallest absolute Gasteiger partial charge is 0.160 e. The highest BCUT2D eigenvalue weighted by Crippen LogP contribution is 2.33. The molecule has 0 bridgehead atoms. The van der Waals surface area contributed by atoms with E-state index in [9.17, 15) is 9.59 Å². The molecule has 0 aliphatic heterocycles. The van der Waals surface area contributed by atoms with Crippen molar-refractivity contribution in [2.45, 2.75) is 19.9 Å². The third-order valence-corrected chi connectivity index (χ3v) is 3.28. The second-order valence-corrected chi connectivity index (χ2v) is 4.61.